The molecule has 2 N–H and O–H groups in total. The first-order chi connectivity index (χ1) is 10.2. The van der Waals surface area contributed by atoms with E-state index in [4.69, 9.17) is 4.74 Å². The van der Waals surface area contributed by atoms with Gasteiger partial charge in [0, 0.05) is 13.3 Å². The molecular formula is C14H15F3N2O3. The molecule has 1 fully saturated rings. The third-order valence-electron chi connectivity index (χ3n) is 3.37. The Bertz CT molecular complexity index is 601. The minimum absolute atomic E-state index is 0.0375. The van der Waals surface area contributed by atoms with Crippen molar-refractivity contribution in [2.75, 3.05) is 7.11 Å². The molecule has 0 aliphatic carbocycles. The van der Waals surface area contributed by atoms with Crippen LogP contribution in [-0.4, -0.2) is 30.9 Å². The second-order valence-corrected chi connectivity index (χ2v) is 5.11. The van der Waals surface area contributed by atoms with Gasteiger partial charge >= 0.3 is 5.92 Å². The van der Waals surface area contributed by atoms with E-state index in [2.05, 4.69) is 10.6 Å². The Morgan fingerprint density at radius 3 is 2.73 bits per heavy atom. The van der Waals surface area contributed by atoms with Gasteiger partial charge in [0.25, 0.3) is 5.91 Å². The van der Waals surface area contributed by atoms with Gasteiger partial charge in [-0.15, -0.1) is 0 Å². The average Bonchev–Trinajstić information content (AvgIpc) is 2.79. The van der Waals surface area contributed by atoms with E-state index in [0.717, 1.165) is 6.07 Å². The highest BCUT2D eigenvalue weighted by atomic mass is 19.3. The van der Waals surface area contributed by atoms with Crippen LogP contribution in [0.5, 0.6) is 5.75 Å². The van der Waals surface area contributed by atoms with Crippen LogP contribution in [0.2, 0.25) is 0 Å². The fraction of sp³-hybridized carbons (Fsp3) is 0.429. The molecule has 2 amide bonds. The highest BCUT2D eigenvalue weighted by Gasteiger charge is 2.40. The number of carbonyl (C=O) groups is 2. The SMILES string of the molecule is COc1cc([C@@H]2NC(=O)C[C@H]2NC(=O)C(C)(F)F)ccc1F. The number of nitrogens with one attached hydrogen (secondary N) is 2. The van der Waals surface area contributed by atoms with Crippen molar-refractivity contribution in [2.24, 2.45) is 0 Å². The summed E-state index contributed by atoms with van der Waals surface area (Å²) in [4.78, 5) is 22.9. The highest BCUT2D eigenvalue weighted by Crippen LogP contribution is 2.29. The van der Waals surface area contributed by atoms with E-state index in [-0.39, 0.29) is 12.2 Å². The number of ether oxygens (including phenoxy) is 1. The molecule has 2 rings (SSSR count). The second kappa shape index (κ2) is 5.86. The summed E-state index contributed by atoms with van der Waals surface area (Å²) in [6, 6.07) is 2.33. The molecule has 0 saturated carbocycles. The van der Waals surface area contributed by atoms with E-state index >= 15 is 0 Å². The maximum atomic E-state index is 13.4. The lowest BCUT2D eigenvalue weighted by Crippen LogP contribution is -2.45. The summed E-state index contributed by atoms with van der Waals surface area (Å²) >= 11 is 0. The van der Waals surface area contributed by atoms with Crippen molar-refractivity contribution in [3.8, 4) is 5.75 Å². The Balaban J connectivity index is 2.24. The number of benzene rings is 1. The maximum Gasteiger partial charge on any atom is 0.321 e. The van der Waals surface area contributed by atoms with Crippen LogP contribution in [0.1, 0.15) is 24.9 Å². The standard InChI is InChI=1S/C14H15F3N2O3/c1-14(16,17)13(21)18-9-6-11(20)19-12(9)7-3-4-8(15)10(5-7)22-2/h3-5,9,12H,6H2,1-2H3,(H,18,21)(H,19,20)/t9-,12+/m1/s1. The third-order valence-corrected chi connectivity index (χ3v) is 3.37. The zero-order valence-electron chi connectivity index (χ0n) is 12.0. The summed E-state index contributed by atoms with van der Waals surface area (Å²) in [5.74, 6) is -6.02. The monoisotopic (exact) mass is 316 g/mol. The van der Waals surface area contributed by atoms with Crippen LogP contribution in [-0.2, 0) is 9.59 Å². The van der Waals surface area contributed by atoms with Gasteiger partial charge in [0.1, 0.15) is 0 Å². The molecule has 8 heteroatoms. The summed E-state index contributed by atoms with van der Waals surface area (Å²) in [7, 11) is 1.28. The first-order valence-electron chi connectivity index (χ1n) is 6.54. The zero-order chi connectivity index (χ0) is 16.5. The van der Waals surface area contributed by atoms with E-state index in [1.54, 1.807) is 0 Å². The molecule has 1 aromatic rings. The fourth-order valence-electron chi connectivity index (χ4n) is 2.27. The zero-order valence-corrected chi connectivity index (χ0v) is 12.0. The second-order valence-electron chi connectivity index (χ2n) is 5.11. The molecule has 1 aromatic carbocycles. The first-order valence-corrected chi connectivity index (χ1v) is 6.54. The van der Waals surface area contributed by atoms with Crippen LogP contribution < -0.4 is 15.4 Å². The molecule has 1 saturated heterocycles. The number of carbonyl (C=O) groups excluding carboxylic acids is 2. The van der Waals surface area contributed by atoms with Crippen LogP contribution in [0.3, 0.4) is 0 Å². The molecule has 120 valence electrons. The summed E-state index contributed by atoms with van der Waals surface area (Å²) < 4.78 is 44.2. The number of hydrogen-bond donors (Lipinski definition) is 2. The normalized spacial score (nSPS) is 21.4. The number of amides is 2. The van der Waals surface area contributed by atoms with Gasteiger partial charge in [-0.2, -0.15) is 8.78 Å². The van der Waals surface area contributed by atoms with Gasteiger partial charge < -0.3 is 15.4 Å². The number of rotatable bonds is 4. The number of methoxy groups -OCH3 is 1. The average molecular weight is 316 g/mol. The van der Waals surface area contributed by atoms with Crippen molar-refractivity contribution in [3.05, 3.63) is 29.6 Å². The quantitative estimate of drug-likeness (QED) is 0.885. The summed E-state index contributed by atoms with van der Waals surface area (Å²) in [6.45, 7) is 0.475. The summed E-state index contributed by atoms with van der Waals surface area (Å²) in [5.41, 5.74) is 0.453. The summed E-state index contributed by atoms with van der Waals surface area (Å²) in [6.07, 6.45) is -0.133. The molecule has 5 nitrogen and oxygen atoms in total. The van der Waals surface area contributed by atoms with Crippen molar-refractivity contribution in [1.82, 2.24) is 10.6 Å². The molecule has 0 aromatic heterocycles. The Morgan fingerprint density at radius 1 is 1.45 bits per heavy atom. The predicted octanol–water partition coefficient (Wildman–Crippen LogP) is 1.54. The molecular weight excluding hydrogens is 301 g/mol. The minimum Gasteiger partial charge on any atom is -0.494 e. The van der Waals surface area contributed by atoms with Crippen molar-refractivity contribution < 1.29 is 27.5 Å². The van der Waals surface area contributed by atoms with Crippen molar-refractivity contribution in [1.29, 1.82) is 0 Å². The van der Waals surface area contributed by atoms with Crippen LogP contribution >= 0.6 is 0 Å². The van der Waals surface area contributed by atoms with E-state index in [1.165, 1.54) is 19.2 Å². The van der Waals surface area contributed by atoms with Gasteiger partial charge in [0.15, 0.2) is 11.6 Å². The smallest absolute Gasteiger partial charge is 0.321 e. The van der Waals surface area contributed by atoms with Crippen LogP contribution in [0.4, 0.5) is 13.2 Å². The minimum atomic E-state index is -3.54. The fourth-order valence-corrected chi connectivity index (χ4v) is 2.27. The topological polar surface area (TPSA) is 67.4 Å². The number of alkyl halides is 2. The molecule has 0 radical (unpaired) electrons. The molecule has 1 aliphatic rings. The Kier molecular flexibility index (Phi) is 4.30. The molecule has 0 bridgehead atoms. The van der Waals surface area contributed by atoms with Crippen LogP contribution in [0.25, 0.3) is 0 Å². The summed E-state index contributed by atoms with van der Waals surface area (Å²) in [5, 5.41) is 4.71. The van der Waals surface area contributed by atoms with Gasteiger partial charge in [0.05, 0.1) is 19.2 Å². The number of halogens is 3. The van der Waals surface area contributed by atoms with Gasteiger partial charge in [-0.3, -0.25) is 9.59 Å². The van der Waals surface area contributed by atoms with Crippen molar-refractivity contribution in [2.45, 2.75) is 31.4 Å². The van der Waals surface area contributed by atoms with Gasteiger partial charge in [-0.05, 0) is 17.7 Å². The molecule has 1 aliphatic heterocycles. The first kappa shape index (κ1) is 16.1. The van der Waals surface area contributed by atoms with Crippen molar-refractivity contribution >= 4 is 11.8 Å². The van der Waals surface area contributed by atoms with E-state index in [0.29, 0.717) is 12.5 Å². The number of hydrogen-bond acceptors (Lipinski definition) is 3. The van der Waals surface area contributed by atoms with Gasteiger partial charge in [-0.25, -0.2) is 4.39 Å². The third kappa shape index (κ3) is 3.32. The highest BCUT2D eigenvalue weighted by molar-refractivity contribution is 5.86. The lowest BCUT2D eigenvalue weighted by Gasteiger charge is -2.22. The Hall–Kier alpha value is -2.25. The Morgan fingerprint density at radius 2 is 2.14 bits per heavy atom. The van der Waals surface area contributed by atoms with Gasteiger partial charge in [-0.1, -0.05) is 6.07 Å². The molecule has 1 heterocycles. The molecule has 2 atom stereocenters. The predicted molar refractivity (Wildman–Crippen MR) is 71.0 cm³/mol. The Labute approximate surface area is 124 Å². The van der Waals surface area contributed by atoms with E-state index in [1.807, 2.05) is 0 Å². The van der Waals surface area contributed by atoms with E-state index in [9.17, 15) is 22.8 Å². The molecule has 0 unspecified atom stereocenters. The maximum absolute atomic E-state index is 13.4. The van der Waals surface area contributed by atoms with Crippen LogP contribution in [0, 0.1) is 5.82 Å². The molecule has 22 heavy (non-hydrogen) atoms. The lowest BCUT2D eigenvalue weighted by molar-refractivity contribution is -0.143. The van der Waals surface area contributed by atoms with Crippen LogP contribution in [0.15, 0.2) is 18.2 Å². The van der Waals surface area contributed by atoms with Gasteiger partial charge in [0.2, 0.25) is 5.91 Å². The van der Waals surface area contributed by atoms with E-state index < -0.39 is 35.6 Å². The largest absolute Gasteiger partial charge is 0.494 e. The van der Waals surface area contributed by atoms with Crippen molar-refractivity contribution in [3.63, 3.8) is 0 Å². The lowest BCUT2D eigenvalue weighted by atomic mass is 10.00. The molecule has 0 spiro atoms.